The van der Waals surface area contributed by atoms with Gasteiger partial charge < -0.3 is 10.6 Å². The molecule has 0 aliphatic heterocycles. The second kappa shape index (κ2) is 7.31. The Morgan fingerprint density at radius 2 is 1.67 bits per heavy atom. The zero-order valence-corrected chi connectivity index (χ0v) is 14.7. The summed E-state index contributed by atoms with van der Waals surface area (Å²) in [4.78, 5) is 12.0. The van der Waals surface area contributed by atoms with Crippen molar-refractivity contribution < 1.29 is 4.79 Å². The van der Waals surface area contributed by atoms with Gasteiger partial charge in [-0.05, 0) is 47.1 Å². The maximum absolute atomic E-state index is 12.0. The van der Waals surface area contributed by atoms with E-state index >= 15 is 0 Å². The van der Waals surface area contributed by atoms with Crippen molar-refractivity contribution in [2.24, 2.45) is 0 Å². The van der Waals surface area contributed by atoms with Crippen LogP contribution in [0, 0.1) is 0 Å². The molecule has 3 aromatic rings. The van der Waals surface area contributed by atoms with E-state index in [9.17, 15) is 4.79 Å². The van der Waals surface area contributed by atoms with Crippen LogP contribution in [0.25, 0.3) is 11.3 Å². The molecule has 0 radical (unpaired) electrons. The average Bonchev–Trinajstić information content (AvgIpc) is 2.97. The SMILES string of the molecule is CCn1cc(Br)c(-c2ccc(NC(=O)Nc3ccccc3)cc2)n1. The number of carbonyl (C=O) groups excluding carboxylic acids is 1. The zero-order chi connectivity index (χ0) is 16.9. The minimum Gasteiger partial charge on any atom is -0.308 e. The van der Waals surface area contributed by atoms with E-state index < -0.39 is 0 Å². The first kappa shape index (κ1) is 16.3. The van der Waals surface area contributed by atoms with Crippen LogP contribution in [-0.2, 0) is 6.54 Å². The number of rotatable bonds is 4. The summed E-state index contributed by atoms with van der Waals surface area (Å²) in [6, 6.07) is 16.6. The number of benzene rings is 2. The fourth-order valence-electron chi connectivity index (χ4n) is 2.28. The standard InChI is InChI=1S/C18H17BrN4O/c1-2-23-12-16(19)17(22-23)13-8-10-15(11-9-13)21-18(24)20-14-6-4-3-5-7-14/h3-12H,2H2,1H3,(H2,20,21,24). The second-order valence-corrected chi connectivity index (χ2v) is 6.06. The van der Waals surface area contributed by atoms with Crippen LogP contribution in [0.1, 0.15) is 6.92 Å². The van der Waals surface area contributed by atoms with Gasteiger partial charge >= 0.3 is 6.03 Å². The molecule has 1 aromatic heterocycles. The Labute approximate surface area is 148 Å². The van der Waals surface area contributed by atoms with Gasteiger partial charge in [0.1, 0.15) is 5.69 Å². The number of aryl methyl sites for hydroxylation is 1. The minimum atomic E-state index is -0.273. The fourth-order valence-corrected chi connectivity index (χ4v) is 2.83. The lowest BCUT2D eigenvalue weighted by Gasteiger charge is -2.08. The van der Waals surface area contributed by atoms with Crippen LogP contribution in [0.3, 0.4) is 0 Å². The molecule has 0 unspecified atom stereocenters. The van der Waals surface area contributed by atoms with Gasteiger partial charge in [-0.15, -0.1) is 0 Å². The molecule has 0 fully saturated rings. The third-order valence-electron chi connectivity index (χ3n) is 3.49. The van der Waals surface area contributed by atoms with Crippen molar-refractivity contribution in [2.75, 3.05) is 10.6 Å². The molecule has 0 bridgehead atoms. The molecule has 0 saturated carbocycles. The summed E-state index contributed by atoms with van der Waals surface area (Å²) in [5, 5.41) is 10.1. The number of aromatic nitrogens is 2. The molecule has 0 aliphatic rings. The van der Waals surface area contributed by atoms with Gasteiger partial charge in [0.15, 0.2) is 0 Å². The maximum atomic E-state index is 12.0. The van der Waals surface area contributed by atoms with Gasteiger partial charge in [-0.1, -0.05) is 30.3 Å². The monoisotopic (exact) mass is 384 g/mol. The van der Waals surface area contributed by atoms with Crippen LogP contribution in [0.15, 0.2) is 65.3 Å². The number of hydrogen-bond acceptors (Lipinski definition) is 2. The molecular weight excluding hydrogens is 368 g/mol. The highest BCUT2D eigenvalue weighted by molar-refractivity contribution is 9.10. The highest BCUT2D eigenvalue weighted by Gasteiger charge is 2.09. The van der Waals surface area contributed by atoms with Crippen molar-refractivity contribution in [3.05, 3.63) is 65.3 Å². The van der Waals surface area contributed by atoms with Crippen LogP contribution >= 0.6 is 15.9 Å². The van der Waals surface area contributed by atoms with Crippen LogP contribution < -0.4 is 10.6 Å². The third kappa shape index (κ3) is 3.83. The molecule has 2 amide bonds. The zero-order valence-electron chi connectivity index (χ0n) is 13.2. The predicted octanol–water partition coefficient (Wildman–Crippen LogP) is 4.98. The first-order chi connectivity index (χ1) is 11.7. The van der Waals surface area contributed by atoms with E-state index in [4.69, 9.17) is 0 Å². The van der Waals surface area contributed by atoms with E-state index in [1.807, 2.05) is 72.4 Å². The number of amides is 2. The molecule has 6 heteroatoms. The van der Waals surface area contributed by atoms with Gasteiger partial charge in [-0.2, -0.15) is 5.10 Å². The second-order valence-electron chi connectivity index (χ2n) is 5.20. The number of nitrogens with zero attached hydrogens (tertiary/aromatic N) is 2. The first-order valence-corrected chi connectivity index (χ1v) is 8.41. The van der Waals surface area contributed by atoms with Crippen molar-refractivity contribution >= 4 is 33.3 Å². The molecule has 0 atom stereocenters. The average molecular weight is 385 g/mol. The van der Waals surface area contributed by atoms with E-state index in [2.05, 4.69) is 31.7 Å². The quantitative estimate of drug-likeness (QED) is 0.666. The Morgan fingerprint density at radius 3 is 2.25 bits per heavy atom. The number of nitrogens with one attached hydrogen (secondary N) is 2. The Hall–Kier alpha value is -2.60. The molecule has 122 valence electrons. The number of urea groups is 1. The molecule has 24 heavy (non-hydrogen) atoms. The molecule has 2 aromatic carbocycles. The summed E-state index contributed by atoms with van der Waals surface area (Å²) < 4.78 is 2.82. The predicted molar refractivity (Wildman–Crippen MR) is 100 cm³/mol. The minimum absolute atomic E-state index is 0.273. The van der Waals surface area contributed by atoms with Crippen molar-refractivity contribution in [3.8, 4) is 11.3 Å². The van der Waals surface area contributed by atoms with Crippen LogP contribution in [0.4, 0.5) is 16.2 Å². The van der Waals surface area contributed by atoms with E-state index in [1.54, 1.807) is 0 Å². The van der Waals surface area contributed by atoms with E-state index in [-0.39, 0.29) is 6.03 Å². The summed E-state index contributed by atoms with van der Waals surface area (Å²) in [6.45, 7) is 2.86. The van der Waals surface area contributed by atoms with Crippen LogP contribution in [-0.4, -0.2) is 15.8 Å². The highest BCUT2D eigenvalue weighted by Crippen LogP contribution is 2.27. The fraction of sp³-hybridized carbons (Fsp3) is 0.111. The van der Waals surface area contributed by atoms with E-state index in [1.165, 1.54) is 0 Å². The van der Waals surface area contributed by atoms with Crippen molar-refractivity contribution in [1.29, 1.82) is 0 Å². The van der Waals surface area contributed by atoms with Crippen molar-refractivity contribution in [3.63, 3.8) is 0 Å². The largest absolute Gasteiger partial charge is 0.323 e. The molecule has 3 rings (SSSR count). The van der Waals surface area contributed by atoms with Gasteiger partial charge in [0.25, 0.3) is 0 Å². The van der Waals surface area contributed by atoms with E-state index in [0.29, 0.717) is 0 Å². The Kier molecular flexibility index (Phi) is 4.96. The molecule has 1 heterocycles. The number of anilines is 2. The molecular formula is C18H17BrN4O. The molecule has 0 saturated heterocycles. The summed E-state index contributed by atoms with van der Waals surface area (Å²) in [5.74, 6) is 0. The van der Waals surface area contributed by atoms with Crippen molar-refractivity contribution in [1.82, 2.24) is 9.78 Å². The highest BCUT2D eigenvalue weighted by atomic mass is 79.9. The third-order valence-corrected chi connectivity index (χ3v) is 4.07. The number of para-hydroxylation sites is 1. The normalized spacial score (nSPS) is 10.4. The lowest BCUT2D eigenvalue weighted by Crippen LogP contribution is -2.19. The van der Waals surface area contributed by atoms with Crippen LogP contribution in [0.5, 0.6) is 0 Å². The van der Waals surface area contributed by atoms with Gasteiger partial charge in [0, 0.05) is 29.7 Å². The topological polar surface area (TPSA) is 59.0 Å². The summed E-state index contributed by atoms with van der Waals surface area (Å²) >= 11 is 3.53. The lowest BCUT2D eigenvalue weighted by molar-refractivity contribution is 0.262. The maximum Gasteiger partial charge on any atom is 0.323 e. The van der Waals surface area contributed by atoms with Crippen LogP contribution in [0.2, 0.25) is 0 Å². The summed E-state index contributed by atoms with van der Waals surface area (Å²) in [5.41, 5.74) is 3.35. The Balaban J connectivity index is 1.68. The Morgan fingerprint density at radius 1 is 1.04 bits per heavy atom. The summed E-state index contributed by atoms with van der Waals surface area (Å²) in [7, 11) is 0. The molecule has 0 aliphatic carbocycles. The summed E-state index contributed by atoms with van der Waals surface area (Å²) in [6.07, 6.45) is 1.95. The molecule has 5 nitrogen and oxygen atoms in total. The molecule has 2 N–H and O–H groups in total. The Bertz CT molecular complexity index is 828. The lowest BCUT2D eigenvalue weighted by atomic mass is 10.1. The number of halogens is 1. The van der Waals surface area contributed by atoms with Gasteiger partial charge in [-0.25, -0.2) is 4.79 Å². The van der Waals surface area contributed by atoms with Gasteiger partial charge in [0.2, 0.25) is 0 Å². The first-order valence-electron chi connectivity index (χ1n) is 7.62. The number of carbonyl (C=O) groups is 1. The van der Waals surface area contributed by atoms with E-state index in [0.717, 1.165) is 33.6 Å². The number of hydrogen-bond donors (Lipinski definition) is 2. The van der Waals surface area contributed by atoms with Gasteiger partial charge in [-0.3, -0.25) is 4.68 Å². The van der Waals surface area contributed by atoms with Crippen molar-refractivity contribution in [2.45, 2.75) is 13.5 Å². The smallest absolute Gasteiger partial charge is 0.308 e. The molecule has 0 spiro atoms. The van der Waals surface area contributed by atoms with Gasteiger partial charge in [0.05, 0.1) is 4.47 Å².